The monoisotopic (exact) mass is 285 g/mol. The maximum Gasteiger partial charge on any atom is 0.294 e. The van der Waals surface area contributed by atoms with E-state index in [0.29, 0.717) is 0 Å². The summed E-state index contributed by atoms with van der Waals surface area (Å²) in [5.41, 5.74) is 1.91. The molecule has 0 aromatic heterocycles. The number of hydrogen-bond acceptors (Lipinski definition) is 8. The lowest BCUT2D eigenvalue weighted by Crippen LogP contribution is -2.38. The van der Waals surface area contributed by atoms with Crippen molar-refractivity contribution in [1.82, 2.24) is 0 Å². The summed E-state index contributed by atoms with van der Waals surface area (Å²) in [5.74, 6) is 0. The van der Waals surface area contributed by atoms with Gasteiger partial charge < -0.3 is 20.4 Å². The van der Waals surface area contributed by atoms with Crippen LogP contribution in [0.3, 0.4) is 0 Å². The third-order valence-electron chi connectivity index (χ3n) is 2.48. The van der Waals surface area contributed by atoms with Crippen molar-refractivity contribution >= 4 is 17.1 Å². The highest BCUT2D eigenvalue weighted by Crippen LogP contribution is 2.23. The highest BCUT2D eigenvalue weighted by molar-refractivity contribution is 5.90. The molecular formula is C11H15N3O6. The first kappa shape index (κ1) is 16.0. The van der Waals surface area contributed by atoms with Crippen LogP contribution < -0.4 is 5.43 Å². The molecule has 1 aromatic carbocycles. The Kier molecular flexibility index (Phi) is 6.00. The maximum atomic E-state index is 10.8. The van der Waals surface area contributed by atoms with Crippen LogP contribution in [-0.4, -0.2) is 56.5 Å². The van der Waals surface area contributed by atoms with Crippen LogP contribution in [0, 0.1) is 10.1 Å². The van der Waals surface area contributed by atoms with Crippen LogP contribution >= 0.6 is 0 Å². The van der Waals surface area contributed by atoms with Gasteiger partial charge in [-0.15, -0.1) is 0 Å². The predicted molar refractivity (Wildman–Crippen MR) is 70.3 cm³/mol. The van der Waals surface area contributed by atoms with Crippen LogP contribution in [0.5, 0.6) is 0 Å². The number of rotatable bonds is 7. The number of nitro groups is 1. The Morgan fingerprint density at radius 2 is 2.00 bits per heavy atom. The van der Waals surface area contributed by atoms with Gasteiger partial charge in [0.1, 0.15) is 17.9 Å². The summed E-state index contributed by atoms with van der Waals surface area (Å²) in [6.07, 6.45) is -3.09. The van der Waals surface area contributed by atoms with E-state index in [1.807, 2.05) is 0 Å². The summed E-state index contributed by atoms with van der Waals surface area (Å²) in [4.78, 5) is 10.2. The van der Waals surface area contributed by atoms with Crippen LogP contribution in [0.15, 0.2) is 29.4 Å². The number of hydrazone groups is 1. The molecule has 0 aliphatic rings. The van der Waals surface area contributed by atoms with Crippen LogP contribution in [0.4, 0.5) is 11.4 Å². The van der Waals surface area contributed by atoms with Gasteiger partial charge in [-0.2, -0.15) is 5.10 Å². The van der Waals surface area contributed by atoms with Crippen LogP contribution in [0.25, 0.3) is 0 Å². The van der Waals surface area contributed by atoms with Crippen LogP contribution in [0.1, 0.15) is 0 Å². The van der Waals surface area contributed by atoms with Crippen molar-refractivity contribution in [2.45, 2.75) is 12.2 Å². The number of hydrogen-bond donors (Lipinski definition) is 5. The molecule has 20 heavy (non-hydrogen) atoms. The number of nitro benzene ring substituents is 1. The molecule has 9 heteroatoms. The smallest absolute Gasteiger partial charge is 0.294 e. The third kappa shape index (κ3) is 3.96. The van der Waals surface area contributed by atoms with Crippen molar-refractivity contribution in [2.24, 2.45) is 5.10 Å². The van der Waals surface area contributed by atoms with Crippen molar-refractivity contribution < 1.29 is 25.3 Å². The molecular weight excluding hydrogens is 270 g/mol. The van der Waals surface area contributed by atoms with Gasteiger partial charge in [-0.25, -0.2) is 0 Å². The molecule has 1 aromatic rings. The average Bonchev–Trinajstić information content (AvgIpc) is 2.46. The molecule has 0 radical (unpaired) electrons. The minimum atomic E-state index is -1.58. The number of para-hydroxylation sites is 2. The number of anilines is 1. The standard InChI is InChI=1S/C11H15N3O6/c15-5-8(11(18)10(17)6-16)13-12-7-3-1-2-4-9(7)14(19)20/h1-4,10-12,15-18H,5-6H2/b13-8+. The highest BCUT2D eigenvalue weighted by Gasteiger charge is 2.21. The van der Waals surface area contributed by atoms with E-state index in [1.165, 1.54) is 18.2 Å². The second-order valence-electron chi connectivity index (χ2n) is 3.84. The SMILES string of the molecule is O=[N+]([O-])c1ccccc1N/N=C(\CO)C(O)C(O)CO. The van der Waals surface area contributed by atoms with Crippen molar-refractivity contribution in [3.8, 4) is 0 Å². The second kappa shape index (κ2) is 7.50. The normalized spacial score (nSPS) is 14.7. The Morgan fingerprint density at radius 1 is 1.35 bits per heavy atom. The molecule has 0 heterocycles. The lowest BCUT2D eigenvalue weighted by Gasteiger charge is -2.16. The Morgan fingerprint density at radius 3 is 2.55 bits per heavy atom. The molecule has 0 amide bonds. The fourth-order valence-electron chi connectivity index (χ4n) is 1.38. The zero-order valence-electron chi connectivity index (χ0n) is 10.4. The number of aliphatic hydroxyl groups is 4. The summed E-state index contributed by atoms with van der Waals surface area (Å²) in [5, 5.41) is 50.9. The van der Waals surface area contributed by atoms with Crippen molar-refractivity contribution in [2.75, 3.05) is 18.6 Å². The van der Waals surface area contributed by atoms with E-state index in [-0.39, 0.29) is 17.1 Å². The molecule has 2 unspecified atom stereocenters. The molecule has 9 nitrogen and oxygen atoms in total. The van der Waals surface area contributed by atoms with Gasteiger partial charge in [0, 0.05) is 6.07 Å². The minimum absolute atomic E-state index is 0.0640. The number of nitrogens with one attached hydrogen (secondary N) is 1. The predicted octanol–water partition coefficient (Wildman–Crippen LogP) is -0.931. The van der Waals surface area contributed by atoms with Crippen molar-refractivity contribution in [3.05, 3.63) is 34.4 Å². The molecule has 110 valence electrons. The van der Waals surface area contributed by atoms with Crippen molar-refractivity contribution in [3.63, 3.8) is 0 Å². The fraction of sp³-hybridized carbons (Fsp3) is 0.364. The molecule has 2 atom stereocenters. The summed E-state index contributed by atoms with van der Waals surface area (Å²) in [6.45, 7) is -1.41. The van der Waals surface area contributed by atoms with Crippen molar-refractivity contribution in [1.29, 1.82) is 0 Å². The van der Waals surface area contributed by atoms with E-state index >= 15 is 0 Å². The Labute approximate surface area is 114 Å². The Bertz CT molecular complexity index is 493. The van der Waals surface area contributed by atoms with E-state index in [9.17, 15) is 20.3 Å². The average molecular weight is 285 g/mol. The van der Waals surface area contributed by atoms with Gasteiger partial charge in [-0.1, -0.05) is 12.1 Å². The van der Waals surface area contributed by atoms with E-state index in [2.05, 4.69) is 10.5 Å². The molecule has 0 aliphatic heterocycles. The highest BCUT2D eigenvalue weighted by atomic mass is 16.6. The molecule has 1 rings (SSSR count). The zero-order chi connectivity index (χ0) is 15.1. The van der Waals surface area contributed by atoms with Gasteiger partial charge in [0.25, 0.3) is 5.69 Å². The molecule has 0 saturated carbocycles. The van der Waals surface area contributed by atoms with Gasteiger partial charge in [0.2, 0.25) is 0 Å². The molecule has 0 bridgehead atoms. The number of aliphatic hydroxyl groups excluding tert-OH is 4. The second-order valence-corrected chi connectivity index (χ2v) is 3.84. The molecule has 0 saturated heterocycles. The molecule has 0 spiro atoms. The summed E-state index contributed by atoms with van der Waals surface area (Å²) >= 11 is 0. The van der Waals surface area contributed by atoms with Gasteiger partial charge in [0.05, 0.1) is 23.8 Å². The summed E-state index contributed by atoms with van der Waals surface area (Å²) < 4.78 is 0. The molecule has 0 fully saturated rings. The van der Waals surface area contributed by atoms with Crippen LogP contribution in [0.2, 0.25) is 0 Å². The quantitative estimate of drug-likeness (QED) is 0.247. The van der Waals surface area contributed by atoms with Gasteiger partial charge in [-0.3, -0.25) is 15.5 Å². The topological polar surface area (TPSA) is 148 Å². The Hall–Kier alpha value is -2.07. The number of nitrogens with zero attached hydrogens (tertiary/aromatic N) is 2. The lowest BCUT2D eigenvalue weighted by atomic mass is 10.1. The number of benzene rings is 1. The first-order valence-corrected chi connectivity index (χ1v) is 5.65. The third-order valence-corrected chi connectivity index (χ3v) is 2.48. The molecule has 0 aliphatic carbocycles. The largest absolute Gasteiger partial charge is 0.394 e. The van der Waals surface area contributed by atoms with E-state index in [0.717, 1.165) is 0 Å². The first-order chi connectivity index (χ1) is 9.51. The summed E-state index contributed by atoms with van der Waals surface area (Å²) in [7, 11) is 0. The zero-order valence-corrected chi connectivity index (χ0v) is 10.4. The van der Waals surface area contributed by atoms with Gasteiger partial charge in [-0.05, 0) is 6.07 Å². The maximum absolute atomic E-state index is 10.8. The van der Waals surface area contributed by atoms with E-state index < -0.39 is 30.3 Å². The molecule has 5 N–H and O–H groups in total. The Balaban J connectivity index is 2.92. The van der Waals surface area contributed by atoms with Gasteiger partial charge in [0.15, 0.2) is 0 Å². The lowest BCUT2D eigenvalue weighted by molar-refractivity contribution is -0.384. The minimum Gasteiger partial charge on any atom is -0.394 e. The van der Waals surface area contributed by atoms with Gasteiger partial charge >= 0.3 is 0 Å². The summed E-state index contributed by atoms with van der Waals surface area (Å²) in [6, 6.07) is 5.67. The van der Waals surface area contributed by atoms with E-state index in [4.69, 9.17) is 10.2 Å². The van der Waals surface area contributed by atoms with Crippen LogP contribution in [-0.2, 0) is 0 Å². The van der Waals surface area contributed by atoms with E-state index in [1.54, 1.807) is 6.07 Å². The fourth-order valence-corrected chi connectivity index (χ4v) is 1.38. The first-order valence-electron chi connectivity index (χ1n) is 5.65.